The number of thiophene rings is 1. The van der Waals surface area contributed by atoms with Crippen molar-refractivity contribution in [2.75, 3.05) is 33.2 Å². The molecule has 0 saturated carbocycles. The lowest BCUT2D eigenvalue weighted by atomic mass is 10.1. The van der Waals surface area contributed by atoms with E-state index in [0.717, 1.165) is 38.1 Å². The zero-order valence-electron chi connectivity index (χ0n) is 14.2. The predicted octanol–water partition coefficient (Wildman–Crippen LogP) is 2.71. The maximum absolute atomic E-state index is 4.29. The molecule has 0 spiro atoms. The van der Waals surface area contributed by atoms with Crippen LogP contribution in [0.5, 0.6) is 0 Å². The van der Waals surface area contributed by atoms with E-state index >= 15 is 0 Å². The number of fused-ring (bicyclic) bond motifs is 1. The molecule has 0 radical (unpaired) electrons. The summed E-state index contributed by atoms with van der Waals surface area (Å²) in [6.07, 6.45) is 3.67. The van der Waals surface area contributed by atoms with Gasteiger partial charge in [-0.1, -0.05) is 13.8 Å². The van der Waals surface area contributed by atoms with Crippen LogP contribution >= 0.6 is 11.3 Å². The summed E-state index contributed by atoms with van der Waals surface area (Å²) in [6, 6.07) is 2.27. The SMILES string of the molecule is CN=C(NCCCC(C)C)NCCN1CCc2sccc2C1. The van der Waals surface area contributed by atoms with Crippen LogP contribution in [0.2, 0.25) is 0 Å². The van der Waals surface area contributed by atoms with Gasteiger partial charge in [-0.15, -0.1) is 11.3 Å². The molecule has 0 unspecified atom stereocenters. The molecule has 22 heavy (non-hydrogen) atoms. The van der Waals surface area contributed by atoms with Crippen molar-refractivity contribution in [3.63, 3.8) is 0 Å². The first-order valence-corrected chi connectivity index (χ1v) is 9.29. The Bertz CT molecular complexity index is 467. The largest absolute Gasteiger partial charge is 0.356 e. The van der Waals surface area contributed by atoms with E-state index in [1.54, 1.807) is 4.88 Å². The van der Waals surface area contributed by atoms with Crippen molar-refractivity contribution < 1.29 is 0 Å². The van der Waals surface area contributed by atoms with Gasteiger partial charge < -0.3 is 10.6 Å². The summed E-state index contributed by atoms with van der Waals surface area (Å²) in [5.41, 5.74) is 1.52. The summed E-state index contributed by atoms with van der Waals surface area (Å²) in [5, 5.41) is 9.04. The molecule has 2 rings (SSSR count). The second-order valence-corrected chi connectivity index (χ2v) is 7.36. The zero-order valence-corrected chi connectivity index (χ0v) is 15.0. The number of hydrogen-bond acceptors (Lipinski definition) is 3. The molecule has 5 heteroatoms. The smallest absolute Gasteiger partial charge is 0.191 e. The van der Waals surface area contributed by atoms with E-state index in [1.165, 1.54) is 31.4 Å². The Labute approximate surface area is 139 Å². The monoisotopic (exact) mass is 322 g/mol. The van der Waals surface area contributed by atoms with Gasteiger partial charge in [-0.3, -0.25) is 9.89 Å². The minimum atomic E-state index is 0.776. The third kappa shape index (κ3) is 5.61. The summed E-state index contributed by atoms with van der Waals surface area (Å²) in [7, 11) is 1.84. The van der Waals surface area contributed by atoms with Gasteiger partial charge in [0.2, 0.25) is 0 Å². The third-order valence-electron chi connectivity index (χ3n) is 4.08. The first-order valence-electron chi connectivity index (χ1n) is 8.41. The van der Waals surface area contributed by atoms with Crippen LogP contribution in [-0.2, 0) is 13.0 Å². The predicted molar refractivity (Wildman–Crippen MR) is 96.7 cm³/mol. The van der Waals surface area contributed by atoms with Gasteiger partial charge >= 0.3 is 0 Å². The molecule has 124 valence electrons. The Hall–Kier alpha value is -1.07. The fourth-order valence-electron chi connectivity index (χ4n) is 2.77. The van der Waals surface area contributed by atoms with Crippen LogP contribution in [-0.4, -0.2) is 44.1 Å². The van der Waals surface area contributed by atoms with Crippen LogP contribution < -0.4 is 10.6 Å². The summed E-state index contributed by atoms with van der Waals surface area (Å²) < 4.78 is 0. The Balaban J connectivity index is 1.61. The van der Waals surface area contributed by atoms with Crippen LogP contribution in [0.1, 0.15) is 37.1 Å². The Morgan fingerprint density at radius 1 is 1.36 bits per heavy atom. The number of nitrogens with zero attached hydrogens (tertiary/aromatic N) is 2. The van der Waals surface area contributed by atoms with Gasteiger partial charge in [-0.2, -0.15) is 0 Å². The van der Waals surface area contributed by atoms with Crippen molar-refractivity contribution in [3.8, 4) is 0 Å². The number of nitrogens with one attached hydrogen (secondary N) is 2. The first-order chi connectivity index (χ1) is 10.7. The maximum Gasteiger partial charge on any atom is 0.191 e. The van der Waals surface area contributed by atoms with E-state index < -0.39 is 0 Å². The lowest BCUT2D eigenvalue weighted by Crippen LogP contribution is -2.42. The fourth-order valence-corrected chi connectivity index (χ4v) is 3.66. The normalized spacial score (nSPS) is 15.9. The minimum Gasteiger partial charge on any atom is -0.356 e. The molecular formula is C17H30N4S. The standard InChI is InChI=1S/C17H30N4S/c1-14(2)5-4-8-19-17(18-3)20-9-11-21-10-6-16-15(13-21)7-12-22-16/h7,12,14H,4-6,8-11,13H2,1-3H3,(H2,18,19,20). The maximum atomic E-state index is 4.29. The molecule has 0 atom stereocenters. The van der Waals surface area contributed by atoms with Crippen molar-refractivity contribution in [1.29, 1.82) is 0 Å². The number of guanidine groups is 1. The summed E-state index contributed by atoms with van der Waals surface area (Å²) in [5.74, 6) is 1.70. The topological polar surface area (TPSA) is 39.7 Å². The van der Waals surface area contributed by atoms with E-state index in [2.05, 4.69) is 45.8 Å². The number of rotatable bonds is 7. The second kappa shape index (κ2) is 9.16. The molecule has 1 aromatic rings. The van der Waals surface area contributed by atoms with E-state index in [1.807, 2.05) is 18.4 Å². The minimum absolute atomic E-state index is 0.776. The van der Waals surface area contributed by atoms with Crippen molar-refractivity contribution >= 4 is 17.3 Å². The molecule has 0 amide bonds. The molecule has 0 aromatic carbocycles. The molecule has 0 saturated heterocycles. The van der Waals surface area contributed by atoms with Crippen molar-refractivity contribution in [2.45, 2.75) is 39.7 Å². The average molecular weight is 323 g/mol. The highest BCUT2D eigenvalue weighted by atomic mass is 32.1. The van der Waals surface area contributed by atoms with Gasteiger partial charge in [0.15, 0.2) is 5.96 Å². The molecular weight excluding hydrogens is 292 g/mol. The van der Waals surface area contributed by atoms with E-state index in [4.69, 9.17) is 0 Å². The van der Waals surface area contributed by atoms with Crippen LogP contribution in [0.15, 0.2) is 16.4 Å². The Kier molecular flexibility index (Phi) is 7.19. The van der Waals surface area contributed by atoms with Gasteiger partial charge in [0.1, 0.15) is 0 Å². The quantitative estimate of drug-likeness (QED) is 0.461. The molecule has 0 fully saturated rings. The number of aliphatic imine (C=N–C) groups is 1. The second-order valence-electron chi connectivity index (χ2n) is 6.36. The van der Waals surface area contributed by atoms with E-state index in [9.17, 15) is 0 Å². The van der Waals surface area contributed by atoms with Crippen molar-refractivity contribution in [1.82, 2.24) is 15.5 Å². The van der Waals surface area contributed by atoms with Crippen LogP contribution in [0.4, 0.5) is 0 Å². The van der Waals surface area contributed by atoms with Crippen molar-refractivity contribution in [3.05, 3.63) is 21.9 Å². The van der Waals surface area contributed by atoms with Crippen molar-refractivity contribution in [2.24, 2.45) is 10.9 Å². The molecule has 4 nitrogen and oxygen atoms in total. The highest BCUT2D eigenvalue weighted by Gasteiger charge is 2.16. The average Bonchev–Trinajstić information content (AvgIpc) is 2.97. The van der Waals surface area contributed by atoms with E-state index in [0.29, 0.717) is 0 Å². The van der Waals surface area contributed by atoms with Gasteiger partial charge in [-0.05, 0) is 42.2 Å². The third-order valence-corrected chi connectivity index (χ3v) is 5.10. The summed E-state index contributed by atoms with van der Waals surface area (Å²) in [6.45, 7) is 9.83. The van der Waals surface area contributed by atoms with Gasteiger partial charge in [-0.25, -0.2) is 0 Å². The first kappa shape index (κ1) is 17.3. The molecule has 2 N–H and O–H groups in total. The molecule has 1 aromatic heterocycles. The van der Waals surface area contributed by atoms with Crippen LogP contribution in [0.3, 0.4) is 0 Å². The fraction of sp³-hybridized carbons (Fsp3) is 0.706. The lowest BCUT2D eigenvalue weighted by molar-refractivity contribution is 0.260. The molecule has 1 aliphatic rings. The van der Waals surface area contributed by atoms with Crippen LogP contribution in [0.25, 0.3) is 0 Å². The molecule has 2 heterocycles. The molecule has 0 aliphatic carbocycles. The zero-order chi connectivity index (χ0) is 15.8. The van der Waals surface area contributed by atoms with E-state index in [-0.39, 0.29) is 0 Å². The van der Waals surface area contributed by atoms with Gasteiger partial charge in [0.25, 0.3) is 0 Å². The molecule has 1 aliphatic heterocycles. The number of hydrogen-bond donors (Lipinski definition) is 2. The highest BCUT2D eigenvalue weighted by Crippen LogP contribution is 2.23. The Morgan fingerprint density at radius 3 is 2.95 bits per heavy atom. The Morgan fingerprint density at radius 2 is 2.18 bits per heavy atom. The van der Waals surface area contributed by atoms with Gasteiger partial charge in [0, 0.05) is 44.6 Å². The summed E-state index contributed by atoms with van der Waals surface area (Å²) in [4.78, 5) is 8.39. The lowest BCUT2D eigenvalue weighted by Gasteiger charge is -2.27. The highest BCUT2D eigenvalue weighted by molar-refractivity contribution is 7.10. The molecule has 0 bridgehead atoms. The van der Waals surface area contributed by atoms with Crippen LogP contribution in [0, 0.1) is 5.92 Å². The van der Waals surface area contributed by atoms with Gasteiger partial charge in [0.05, 0.1) is 0 Å². The summed E-state index contributed by atoms with van der Waals surface area (Å²) >= 11 is 1.90.